The predicted molar refractivity (Wildman–Crippen MR) is 56.7 cm³/mol. The number of allylic oxidation sites excluding steroid dienone is 2. The van der Waals surface area contributed by atoms with E-state index in [1.165, 1.54) is 0 Å². The maximum Gasteiger partial charge on any atom is 0.125 e. The van der Waals surface area contributed by atoms with Crippen LogP contribution in [-0.4, -0.2) is 16.9 Å². The van der Waals surface area contributed by atoms with E-state index in [1.807, 2.05) is 6.92 Å². The molecule has 0 bridgehead atoms. The Bertz CT molecular complexity index is 258. The molecular weight excluding hydrogens is 239 g/mol. The Kier molecular flexibility index (Phi) is 3.47. The lowest BCUT2D eigenvalue weighted by Gasteiger charge is -2.10. The number of rotatable bonds is 0. The molecule has 0 amide bonds. The Balaban J connectivity index is 2.89. The van der Waals surface area contributed by atoms with Gasteiger partial charge in [-0.2, -0.15) is 0 Å². The highest BCUT2D eigenvalue weighted by atomic mass is 79.9. The van der Waals surface area contributed by atoms with Crippen LogP contribution in [0.4, 0.5) is 0 Å². The van der Waals surface area contributed by atoms with Crippen molar-refractivity contribution in [1.29, 1.82) is 5.41 Å². The molecule has 0 radical (unpaired) electrons. The predicted octanol–water partition coefficient (Wildman–Crippen LogP) is 3.10. The molecular formula is C8H10BrClN2. The molecule has 1 rings (SSSR count). The number of hydrogen-bond donors (Lipinski definition) is 1. The standard InChI is InChI=1S/C8H10BrClN2/c1-5-2-3-7(11)6(9)4-8(10)12-5/h4-5,11H,2-3H2,1H3/b6-4+,11-7?,12-8?. The van der Waals surface area contributed by atoms with Gasteiger partial charge in [-0.15, -0.1) is 0 Å². The molecule has 0 aromatic rings. The van der Waals surface area contributed by atoms with Gasteiger partial charge in [0.25, 0.3) is 0 Å². The first-order valence-electron chi connectivity index (χ1n) is 3.78. The number of nitrogens with zero attached hydrogens (tertiary/aromatic N) is 1. The van der Waals surface area contributed by atoms with Crippen molar-refractivity contribution in [1.82, 2.24) is 0 Å². The molecule has 1 aliphatic rings. The minimum atomic E-state index is 0.217. The lowest BCUT2D eigenvalue weighted by atomic mass is 10.1. The van der Waals surface area contributed by atoms with Crippen LogP contribution in [0, 0.1) is 5.41 Å². The third-order valence-electron chi connectivity index (χ3n) is 1.69. The zero-order chi connectivity index (χ0) is 9.14. The van der Waals surface area contributed by atoms with E-state index in [-0.39, 0.29) is 6.04 Å². The smallest absolute Gasteiger partial charge is 0.125 e. The van der Waals surface area contributed by atoms with Crippen LogP contribution in [0.2, 0.25) is 0 Å². The zero-order valence-corrected chi connectivity index (χ0v) is 9.11. The van der Waals surface area contributed by atoms with Crippen LogP contribution in [0.15, 0.2) is 15.6 Å². The minimum absolute atomic E-state index is 0.217. The summed E-state index contributed by atoms with van der Waals surface area (Å²) < 4.78 is 0.739. The molecule has 66 valence electrons. The van der Waals surface area contributed by atoms with E-state index < -0.39 is 0 Å². The fraction of sp³-hybridized carbons (Fsp3) is 0.500. The van der Waals surface area contributed by atoms with Crippen LogP contribution in [-0.2, 0) is 0 Å². The first-order valence-corrected chi connectivity index (χ1v) is 4.95. The SMILES string of the molecule is CC1CCC(=N)/C(Br)=C\C(Cl)=N1. The Morgan fingerprint density at radius 2 is 2.42 bits per heavy atom. The first-order chi connectivity index (χ1) is 5.59. The summed E-state index contributed by atoms with van der Waals surface area (Å²) in [4.78, 5) is 4.20. The van der Waals surface area contributed by atoms with Crippen LogP contribution in [0.5, 0.6) is 0 Å². The Morgan fingerprint density at radius 1 is 1.75 bits per heavy atom. The molecule has 12 heavy (non-hydrogen) atoms. The Hall–Kier alpha value is -0.150. The molecule has 4 heteroatoms. The molecule has 2 nitrogen and oxygen atoms in total. The first kappa shape index (κ1) is 9.93. The highest BCUT2D eigenvalue weighted by Crippen LogP contribution is 2.17. The second kappa shape index (κ2) is 4.19. The van der Waals surface area contributed by atoms with Gasteiger partial charge in [0.1, 0.15) is 5.17 Å². The van der Waals surface area contributed by atoms with Crippen molar-refractivity contribution in [3.63, 3.8) is 0 Å². The van der Waals surface area contributed by atoms with Gasteiger partial charge in [0.2, 0.25) is 0 Å². The summed E-state index contributed by atoms with van der Waals surface area (Å²) in [6.45, 7) is 2.00. The van der Waals surface area contributed by atoms with Gasteiger partial charge in [-0.3, -0.25) is 4.99 Å². The van der Waals surface area contributed by atoms with Crippen molar-refractivity contribution in [3.05, 3.63) is 10.6 Å². The lowest BCUT2D eigenvalue weighted by molar-refractivity contribution is 0.690. The summed E-state index contributed by atoms with van der Waals surface area (Å²) >= 11 is 9.07. The average Bonchev–Trinajstić information content (AvgIpc) is 1.98. The van der Waals surface area contributed by atoms with Crippen molar-refractivity contribution in [2.24, 2.45) is 4.99 Å². The van der Waals surface area contributed by atoms with Gasteiger partial charge in [-0.25, -0.2) is 0 Å². The van der Waals surface area contributed by atoms with Crippen LogP contribution in [0.3, 0.4) is 0 Å². The largest absolute Gasteiger partial charge is 0.304 e. The second-order valence-electron chi connectivity index (χ2n) is 2.81. The Labute approximate surface area is 85.3 Å². The van der Waals surface area contributed by atoms with Crippen LogP contribution >= 0.6 is 27.5 Å². The molecule has 0 spiro atoms. The summed E-state index contributed by atoms with van der Waals surface area (Å²) in [6, 6.07) is 0.217. The van der Waals surface area contributed by atoms with E-state index in [2.05, 4.69) is 20.9 Å². The van der Waals surface area contributed by atoms with E-state index in [1.54, 1.807) is 6.08 Å². The fourth-order valence-electron chi connectivity index (χ4n) is 0.977. The summed E-state index contributed by atoms with van der Waals surface area (Å²) in [6.07, 6.45) is 3.32. The van der Waals surface area contributed by atoms with Crippen LogP contribution in [0.25, 0.3) is 0 Å². The van der Waals surface area contributed by atoms with Crippen molar-refractivity contribution >= 4 is 38.4 Å². The molecule has 0 aromatic carbocycles. The summed E-state index contributed by atoms with van der Waals surface area (Å²) in [5, 5.41) is 8.05. The van der Waals surface area contributed by atoms with Gasteiger partial charge >= 0.3 is 0 Å². The van der Waals surface area contributed by atoms with Crippen LogP contribution < -0.4 is 0 Å². The molecule has 0 aliphatic carbocycles. The topological polar surface area (TPSA) is 36.2 Å². The summed E-state index contributed by atoms with van der Waals surface area (Å²) in [5.74, 6) is 0. The van der Waals surface area contributed by atoms with E-state index in [4.69, 9.17) is 17.0 Å². The minimum Gasteiger partial charge on any atom is -0.304 e. The molecule has 1 aliphatic heterocycles. The van der Waals surface area contributed by atoms with Gasteiger partial charge in [-0.05, 0) is 41.8 Å². The van der Waals surface area contributed by atoms with Crippen molar-refractivity contribution in [3.8, 4) is 0 Å². The van der Waals surface area contributed by atoms with Gasteiger partial charge in [0, 0.05) is 16.2 Å². The zero-order valence-electron chi connectivity index (χ0n) is 6.77. The van der Waals surface area contributed by atoms with E-state index in [0.29, 0.717) is 10.9 Å². The van der Waals surface area contributed by atoms with E-state index in [0.717, 1.165) is 17.3 Å². The van der Waals surface area contributed by atoms with E-state index >= 15 is 0 Å². The molecule has 0 saturated heterocycles. The molecule has 0 saturated carbocycles. The highest BCUT2D eigenvalue weighted by molar-refractivity contribution is 9.12. The molecule has 1 unspecified atom stereocenters. The molecule has 1 atom stereocenters. The third kappa shape index (κ3) is 2.72. The van der Waals surface area contributed by atoms with Crippen molar-refractivity contribution < 1.29 is 0 Å². The van der Waals surface area contributed by atoms with Crippen LogP contribution in [0.1, 0.15) is 19.8 Å². The van der Waals surface area contributed by atoms with Crippen molar-refractivity contribution in [2.75, 3.05) is 0 Å². The van der Waals surface area contributed by atoms with Gasteiger partial charge in [0.15, 0.2) is 0 Å². The summed E-state index contributed by atoms with van der Waals surface area (Å²) in [5.41, 5.74) is 0.593. The molecule has 0 aromatic heterocycles. The second-order valence-corrected chi connectivity index (χ2v) is 4.05. The van der Waals surface area contributed by atoms with Gasteiger partial charge in [0.05, 0.1) is 0 Å². The lowest BCUT2D eigenvalue weighted by Crippen LogP contribution is -2.09. The fourth-order valence-corrected chi connectivity index (χ4v) is 1.80. The third-order valence-corrected chi connectivity index (χ3v) is 2.60. The molecule has 1 N–H and O–H groups in total. The number of halogens is 2. The summed E-state index contributed by atoms with van der Waals surface area (Å²) in [7, 11) is 0. The maximum absolute atomic E-state index is 7.58. The number of aliphatic imine (C=N–C) groups is 1. The normalized spacial score (nSPS) is 29.9. The maximum atomic E-state index is 7.58. The van der Waals surface area contributed by atoms with E-state index in [9.17, 15) is 0 Å². The van der Waals surface area contributed by atoms with Crippen molar-refractivity contribution in [2.45, 2.75) is 25.8 Å². The number of nitrogens with one attached hydrogen (secondary N) is 1. The quantitative estimate of drug-likeness (QED) is 0.685. The monoisotopic (exact) mass is 248 g/mol. The average molecular weight is 250 g/mol. The molecule has 0 fully saturated rings. The highest BCUT2D eigenvalue weighted by Gasteiger charge is 2.10. The van der Waals surface area contributed by atoms with Gasteiger partial charge < -0.3 is 5.41 Å². The Morgan fingerprint density at radius 3 is 3.08 bits per heavy atom. The molecule has 1 heterocycles. The number of hydrogen-bond acceptors (Lipinski definition) is 2. The van der Waals surface area contributed by atoms with Gasteiger partial charge in [-0.1, -0.05) is 11.6 Å².